The van der Waals surface area contributed by atoms with E-state index in [9.17, 15) is 9.90 Å². The summed E-state index contributed by atoms with van der Waals surface area (Å²) in [6, 6.07) is 5.12. The number of rotatable bonds is 4. The second kappa shape index (κ2) is 7.48. The summed E-state index contributed by atoms with van der Waals surface area (Å²) in [5, 5.41) is 9.57. The highest BCUT2D eigenvalue weighted by Crippen LogP contribution is 2.31. The zero-order chi connectivity index (χ0) is 14.7. The molecule has 0 radical (unpaired) electrons. The van der Waals surface area contributed by atoms with Crippen LogP contribution in [-0.4, -0.2) is 43.5 Å². The number of ether oxygens (including phenoxy) is 1. The maximum Gasteiger partial charge on any atom is 0.163 e. The molecule has 1 aliphatic rings. The number of benzene rings is 1. The standard InChI is InChI=1S/C16H21NO3.ClH/c1-17(2)10-13-6-5-12(16(13)19)8-11-4-7-14(18)15(9-11)20-3;/h4,7-9,13,18H,5-6,10H2,1-3H3;1H/b12-8-;. The molecular formula is C16H22ClNO3. The van der Waals surface area contributed by atoms with Gasteiger partial charge in [0.1, 0.15) is 0 Å². The number of carbonyl (C=O) groups is 1. The zero-order valence-electron chi connectivity index (χ0n) is 12.6. The number of hydrogen-bond acceptors (Lipinski definition) is 4. The van der Waals surface area contributed by atoms with Crippen molar-refractivity contribution in [2.45, 2.75) is 12.8 Å². The van der Waals surface area contributed by atoms with Gasteiger partial charge in [0.2, 0.25) is 0 Å². The average Bonchev–Trinajstić information content (AvgIpc) is 2.73. The molecule has 1 N–H and O–H groups in total. The van der Waals surface area contributed by atoms with Crippen molar-refractivity contribution in [1.82, 2.24) is 4.90 Å². The maximum absolute atomic E-state index is 12.3. The number of ketones is 1. The molecule has 4 nitrogen and oxygen atoms in total. The van der Waals surface area contributed by atoms with Gasteiger partial charge in [0.15, 0.2) is 17.3 Å². The third kappa shape index (κ3) is 4.22. The molecule has 1 unspecified atom stereocenters. The molecule has 21 heavy (non-hydrogen) atoms. The van der Waals surface area contributed by atoms with Gasteiger partial charge in [0.05, 0.1) is 7.11 Å². The lowest BCUT2D eigenvalue weighted by atomic mass is 10.0. The lowest BCUT2D eigenvalue weighted by molar-refractivity contribution is -0.118. The van der Waals surface area contributed by atoms with E-state index in [0.717, 1.165) is 30.5 Å². The molecule has 1 atom stereocenters. The molecule has 0 bridgehead atoms. The minimum Gasteiger partial charge on any atom is -0.504 e. The molecule has 0 amide bonds. The Morgan fingerprint density at radius 3 is 2.76 bits per heavy atom. The third-order valence-corrected chi connectivity index (χ3v) is 3.58. The van der Waals surface area contributed by atoms with Crippen molar-refractivity contribution < 1.29 is 14.6 Å². The normalized spacial score (nSPS) is 19.9. The molecule has 1 aromatic rings. The molecule has 1 aromatic carbocycles. The molecule has 1 saturated carbocycles. The number of allylic oxidation sites excluding steroid dienone is 1. The summed E-state index contributed by atoms with van der Waals surface area (Å²) < 4.78 is 5.08. The Hall–Kier alpha value is -1.52. The Balaban J connectivity index is 0.00000220. The van der Waals surface area contributed by atoms with Crippen LogP contribution in [0.4, 0.5) is 0 Å². The number of phenolic OH excluding ortho intramolecular Hbond substituents is 1. The molecule has 0 spiro atoms. The van der Waals surface area contributed by atoms with Crippen LogP contribution in [-0.2, 0) is 4.79 Å². The maximum atomic E-state index is 12.3. The van der Waals surface area contributed by atoms with Gasteiger partial charge in [-0.3, -0.25) is 4.79 Å². The van der Waals surface area contributed by atoms with Crippen LogP contribution in [0, 0.1) is 5.92 Å². The predicted molar refractivity (Wildman–Crippen MR) is 86.2 cm³/mol. The Labute approximate surface area is 131 Å². The number of Topliss-reactive ketones (excluding diaryl/α,β-unsaturated/α-hetero) is 1. The van der Waals surface area contributed by atoms with Crippen molar-refractivity contribution in [3.05, 3.63) is 29.3 Å². The lowest BCUT2D eigenvalue weighted by Crippen LogP contribution is -2.24. The van der Waals surface area contributed by atoms with Crippen molar-refractivity contribution >= 4 is 24.3 Å². The Bertz CT molecular complexity index is 540. The number of aromatic hydroxyl groups is 1. The Morgan fingerprint density at radius 2 is 2.14 bits per heavy atom. The first-order valence-corrected chi connectivity index (χ1v) is 6.77. The summed E-state index contributed by atoms with van der Waals surface area (Å²) in [6.45, 7) is 0.801. The fourth-order valence-electron chi connectivity index (χ4n) is 2.59. The SMILES string of the molecule is COc1cc(/C=C2/CCC(CN(C)C)C2=O)ccc1O.Cl. The van der Waals surface area contributed by atoms with E-state index in [2.05, 4.69) is 4.90 Å². The first kappa shape index (κ1) is 17.5. The van der Waals surface area contributed by atoms with Gasteiger partial charge >= 0.3 is 0 Å². The van der Waals surface area contributed by atoms with Gasteiger partial charge in [0, 0.05) is 12.5 Å². The van der Waals surface area contributed by atoms with E-state index in [4.69, 9.17) is 4.74 Å². The summed E-state index contributed by atoms with van der Waals surface area (Å²) in [7, 11) is 5.49. The van der Waals surface area contributed by atoms with Gasteiger partial charge in [-0.1, -0.05) is 6.07 Å². The quantitative estimate of drug-likeness (QED) is 0.869. The van der Waals surface area contributed by atoms with Gasteiger partial charge < -0.3 is 14.7 Å². The average molecular weight is 312 g/mol. The molecular weight excluding hydrogens is 290 g/mol. The van der Waals surface area contributed by atoms with Crippen molar-refractivity contribution in [3.63, 3.8) is 0 Å². The van der Waals surface area contributed by atoms with E-state index >= 15 is 0 Å². The molecule has 0 aliphatic heterocycles. The number of nitrogens with zero attached hydrogens (tertiary/aromatic N) is 1. The van der Waals surface area contributed by atoms with Gasteiger partial charge in [0.25, 0.3) is 0 Å². The number of hydrogen-bond donors (Lipinski definition) is 1. The summed E-state index contributed by atoms with van der Waals surface area (Å²) >= 11 is 0. The third-order valence-electron chi connectivity index (χ3n) is 3.58. The van der Waals surface area contributed by atoms with Crippen LogP contribution in [0.15, 0.2) is 23.8 Å². The predicted octanol–water partition coefficient (Wildman–Crippen LogP) is 2.75. The van der Waals surface area contributed by atoms with Crippen LogP contribution < -0.4 is 4.74 Å². The highest BCUT2D eigenvalue weighted by molar-refractivity contribution is 6.03. The summed E-state index contributed by atoms with van der Waals surface area (Å²) in [5.74, 6) is 0.883. The van der Waals surface area contributed by atoms with Crippen LogP contribution in [0.2, 0.25) is 0 Å². The van der Waals surface area contributed by atoms with Crippen LogP contribution in [0.3, 0.4) is 0 Å². The fourth-order valence-corrected chi connectivity index (χ4v) is 2.59. The minimum atomic E-state index is 0. The van der Waals surface area contributed by atoms with Crippen molar-refractivity contribution in [2.24, 2.45) is 5.92 Å². The number of halogens is 1. The highest BCUT2D eigenvalue weighted by atomic mass is 35.5. The fraction of sp³-hybridized carbons (Fsp3) is 0.438. The molecule has 0 saturated heterocycles. The highest BCUT2D eigenvalue weighted by Gasteiger charge is 2.29. The molecule has 2 rings (SSSR count). The van der Waals surface area contributed by atoms with E-state index in [1.165, 1.54) is 7.11 Å². The summed E-state index contributed by atoms with van der Waals surface area (Å²) in [5.41, 5.74) is 1.75. The zero-order valence-corrected chi connectivity index (χ0v) is 13.4. The van der Waals surface area contributed by atoms with Crippen molar-refractivity contribution in [3.8, 4) is 11.5 Å². The first-order valence-electron chi connectivity index (χ1n) is 6.77. The molecule has 1 fully saturated rings. The largest absolute Gasteiger partial charge is 0.504 e. The van der Waals surface area contributed by atoms with Crippen LogP contribution in [0.25, 0.3) is 6.08 Å². The topological polar surface area (TPSA) is 49.8 Å². The van der Waals surface area contributed by atoms with Gasteiger partial charge in [-0.05, 0) is 56.3 Å². The first-order chi connectivity index (χ1) is 9.51. The Kier molecular flexibility index (Phi) is 6.24. The van der Waals surface area contributed by atoms with Crippen molar-refractivity contribution in [1.29, 1.82) is 0 Å². The molecule has 1 aliphatic carbocycles. The van der Waals surface area contributed by atoms with Crippen molar-refractivity contribution in [2.75, 3.05) is 27.7 Å². The summed E-state index contributed by atoms with van der Waals surface area (Å²) in [6.07, 6.45) is 3.64. The number of methoxy groups -OCH3 is 1. The Morgan fingerprint density at radius 1 is 1.43 bits per heavy atom. The van der Waals surface area contributed by atoms with Crippen LogP contribution >= 0.6 is 12.4 Å². The summed E-state index contributed by atoms with van der Waals surface area (Å²) in [4.78, 5) is 14.3. The number of phenols is 1. The van der Waals surface area contributed by atoms with E-state index in [1.807, 2.05) is 20.2 Å². The van der Waals surface area contributed by atoms with E-state index < -0.39 is 0 Å². The number of carbonyl (C=O) groups excluding carboxylic acids is 1. The van der Waals surface area contributed by atoms with Gasteiger partial charge in [-0.25, -0.2) is 0 Å². The van der Waals surface area contributed by atoms with E-state index in [1.54, 1.807) is 18.2 Å². The lowest BCUT2D eigenvalue weighted by Gasteiger charge is -2.13. The monoisotopic (exact) mass is 311 g/mol. The van der Waals surface area contributed by atoms with Gasteiger partial charge in [-0.2, -0.15) is 0 Å². The van der Waals surface area contributed by atoms with Gasteiger partial charge in [-0.15, -0.1) is 12.4 Å². The molecule has 5 heteroatoms. The smallest absolute Gasteiger partial charge is 0.163 e. The molecule has 0 aromatic heterocycles. The van der Waals surface area contributed by atoms with E-state index in [0.29, 0.717) is 5.75 Å². The minimum absolute atomic E-state index is 0. The second-order valence-electron chi connectivity index (χ2n) is 5.46. The van der Waals surface area contributed by atoms with Crippen LogP contribution in [0.5, 0.6) is 11.5 Å². The van der Waals surface area contributed by atoms with E-state index in [-0.39, 0.29) is 29.9 Å². The molecule has 0 heterocycles. The molecule has 116 valence electrons. The second-order valence-corrected chi connectivity index (χ2v) is 5.46. The van der Waals surface area contributed by atoms with Crippen LogP contribution in [0.1, 0.15) is 18.4 Å².